The highest BCUT2D eigenvalue weighted by atomic mass is 35.5. The molecule has 1 saturated carbocycles. The van der Waals surface area contributed by atoms with E-state index in [0.717, 1.165) is 5.56 Å². The maximum absolute atomic E-state index is 10.9. The van der Waals surface area contributed by atoms with Crippen LogP contribution in [0.15, 0.2) is 18.2 Å². The van der Waals surface area contributed by atoms with Crippen molar-refractivity contribution >= 4 is 29.2 Å². The van der Waals surface area contributed by atoms with Crippen molar-refractivity contribution in [2.24, 2.45) is 11.8 Å². The van der Waals surface area contributed by atoms with Crippen LogP contribution in [-0.4, -0.2) is 11.1 Å². The van der Waals surface area contributed by atoms with Gasteiger partial charge in [-0.15, -0.1) is 0 Å². The molecule has 1 aromatic rings. The third-order valence-electron chi connectivity index (χ3n) is 2.93. The van der Waals surface area contributed by atoms with Gasteiger partial charge in [-0.25, -0.2) is 0 Å². The van der Waals surface area contributed by atoms with Crippen LogP contribution < -0.4 is 0 Å². The van der Waals surface area contributed by atoms with Crippen LogP contribution in [0.3, 0.4) is 0 Å². The summed E-state index contributed by atoms with van der Waals surface area (Å²) in [5.41, 5.74) is 0.924. The standard InChI is InChI=1S/C11H10Cl2O2/c1-5-9(10(5)11(14)15)6-2-7(12)4-8(13)3-6/h2-5,9-10H,1H3,(H,14,15). The van der Waals surface area contributed by atoms with Gasteiger partial charge in [-0.05, 0) is 29.7 Å². The molecule has 3 atom stereocenters. The molecule has 4 heteroatoms. The van der Waals surface area contributed by atoms with Crippen molar-refractivity contribution in [3.63, 3.8) is 0 Å². The van der Waals surface area contributed by atoms with Gasteiger partial charge in [0.2, 0.25) is 0 Å². The Morgan fingerprint density at radius 2 is 1.80 bits per heavy atom. The SMILES string of the molecule is CC1C(C(=O)O)C1c1cc(Cl)cc(Cl)c1. The second-order valence-electron chi connectivity index (χ2n) is 3.95. The van der Waals surface area contributed by atoms with Gasteiger partial charge in [0.1, 0.15) is 0 Å². The zero-order valence-corrected chi connectivity index (χ0v) is 9.59. The largest absolute Gasteiger partial charge is 0.481 e. The van der Waals surface area contributed by atoms with E-state index in [1.807, 2.05) is 6.92 Å². The topological polar surface area (TPSA) is 37.3 Å². The summed E-state index contributed by atoms with van der Waals surface area (Å²) in [5.74, 6) is -0.820. The minimum atomic E-state index is -0.747. The molecule has 1 aliphatic rings. The number of benzene rings is 1. The van der Waals surface area contributed by atoms with Crippen molar-refractivity contribution in [3.05, 3.63) is 33.8 Å². The average molecular weight is 245 g/mol. The van der Waals surface area contributed by atoms with E-state index in [-0.39, 0.29) is 17.8 Å². The maximum atomic E-state index is 10.9. The zero-order valence-electron chi connectivity index (χ0n) is 8.08. The first-order chi connectivity index (χ1) is 7.00. The molecule has 0 spiro atoms. The number of rotatable bonds is 2. The molecule has 2 nitrogen and oxygen atoms in total. The quantitative estimate of drug-likeness (QED) is 0.866. The highest BCUT2D eigenvalue weighted by Gasteiger charge is 2.52. The Hall–Kier alpha value is -0.730. The van der Waals surface area contributed by atoms with Crippen molar-refractivity contribution in [1.82, 2.24) is 0 Å². The van der Waals surface area contributed by atoms with Gasteiger partial charge in [-0.1, -0.05) is 30.1 Å². The number of carboxylic acids is 1. The number of hydrogen-bond donors (Lipinski definition) is 1. The second kappa shape index (κ2) is 3.69. The van der Waals surface area contributed by atoms with Crippen LogP contribution in [0.1, 0.15) is 18.4 Å². The van der Waals surface area contributed by atoms with Gasteiger partial charge in [-0.3, -0.25) is 4.79 Å². The summed E-state index contributed by atoms with van der Waals surface area (Å²) in [4.78, 5) is 10.9. The zero-order chi connectivity index (χ0) is 11.2. The Labute approximate surface area is 97.8 Å². The molecule has 80 valence electrons. The summed E-state index contributed by atoms with van der Waals surface area (Å²) in [6.07, 6.45) is 0. The fourth-order valence-electron chi connectivity index (χ4n) is 2.12. The fraction of sp³-hybridized carbons (Fsp3) is 0.364. The Morgan fingerprint density at radius 1 is 1.27 bits per heavy atom. The van der Waals surface area contributed by atoms with Crippen LogP contribution in [-0.2, 0) is 4.79 Å². The van der Waals surface area contributed by atoms with Gasteiger partial charge < -0.3 is 5.11 Å². The van der Waals surface area contributed by atoms with Crippen LogP contribution in [0.4, 0.5) is 0 Å². The fourth-order valence-corrected chi connectivity index (χ4v) is 2.66. The first-order valence-electron chi connectivity index (χ1n) is 4.69. The summed E-state index contributed by atoms with van der Waals surface area (Å²) in [7, 11) is 0. The van der Waals surface area contributed by atoms with Gasteiger partial charge >= 0.3 is 5.97 Å². The van der Waals surface area contributed by atoms with E-state index in [1.54, 1.807) is 18.2 Å². The summed E-state index contributed by atoms with van der Waals surface area (Å²) < 4.78 is 0. The molecular formula is C11H10Cl2O2. The monoisotopic (exact) mass is 244 g/mol. The lowest BCUT2D eigenvalue weighted by molar-refractivity contribution is -0.138. The predicted octanol–water partition coefficient (Wildman–Crippen LogP) is 3.43. The molecule has 0 aromatic heterocycles. The number of aliphatic carboxylic acids is 1. The lowest BCUT2D eigenvalue weighted by atomic mass is 10.1. The third-order valence-corrected chi connectivity index (χ3v) is 3.37. The van der Waals surface area contributed by atoms with Crippen LogP contribution >= 0.6 is 23.2 Å². The van der Waals surface area contributed by atoms with Crippen LogP contribution in [0.5, 0.6) is 0 Å². The normalized spacial score (nSPS) is 28.9. The average Bonchev–Trinajstić information content (AvgIpc) is 2.75. The van der Waals surface area contributed by atoms with E-state index in [1.165, 1.54) is 0 Å². The lowest BCUT2D eigenvalue weighted by Crippen LogP contribution is -1.99. The summed E-state index contributed by atoms with van der Waals surface area (Å²) in [6, 6.07) is 5.23. The molecule has 0 radical (unpaired) electrons. The van der Waals surface area contributed by atoms with E-state index in [4.69, 9.17) is 28.3 Å². The smallest absolute Gasteiger partial charge is 0.307 e. The van der Waals surface area contributed by atoms with Gasteiger partial charge in [0.25, 0.3) is 0 Å². The lowest BCUT2D eigenvalue weighted by Gasteiger charge is -2.01. The minimum Gasteiger partial charge on any atom is -0.481 e. The molecule has 0 amide bonds. The minimum absolute atomic E-state index is 0.0544. The number of halogens is 2. The molecule has 0 saturated heterocycles. The highest BCUT2D eigenvalue weighted by Crippen LogP contribution is 2.54. The van der Waals surface area contributed by atoms with Crippen molar-refractivity contribution in [2.45, 2.75) is 12.8 Å². The first-order valence-corrected chi connectivity index (χ1v) is 5.45. The molecule has 1 aliphatic carbocycles. The molecule has 1 N–H and O–H groups in total. The molecule has 0 aliphatic heterocycles. The molecular weight excluding hydrogens is 235 g/mol. The molecule has 0 bridgehead atoms. The van der Waals surface area contributed by atoms with Gasteiger partial charge in [-0.2, -0.15) is 0 Å². The number of carboxylic acid groups (broad SMARTS) is 1. The third kappa shape index (κ3) is 1.97. The van der Waals surface area contributed by atoms with E-state index in [0.29, 0.717) is 10.0 Å². The van der Waals surface area contributed by atoms with Crippen LogP contribution in [0.25, 0.3) is 0 Å². The first kappa shape index (κ1) is 10.8. The van der Waals surface area contributed by atoms with Gasteiger partial charge in [0, 0.05) is 16.0 Å². The molecule has 2 rings (SSSR count). The Morgan fingerprint density at radius 3 is 2.20 bits per heavy atom. The van der Waals surface area contributed by atoms with Crippen LogP contribution in [0, 0.1) is 11.8 Å². The van der Waals surface area contributed by atoms with Crippen LogP contribution in [0.2, 0.25) is 10.0 Å². The van der Waals surface area contributed by atoms with Crippen molar-refractivity contribution in [3.8, 4) is 0 Å². The molecule has 3 unspecified atom stereocenters. The van der Waals surface area contributed by atoms with E-state index in [9.17, 15) is 4.79 Å². The molecule has 0 heterocycles. The maximum Gasteiger partial charge on any atom is 0.307 e. The number of carbonyl (C=O) groups is 1. The van der Waals surface area contributed by atoms with Crippen molar-refractivity contribution in [1.29, 1.82) is 0 Å². The van der Waals surface area contributed by atoms with Crippen molar-refractivity contribution in [2.75, 3.05) is 0 Å². The van der Waals surface area contributed by atoms with E-state index < -0.39 is 5.97 Å². The van der Waals surface area contributed by atoms with Crippen molar-refractivity contribution < 1.29 is 9.90 Å². The molecule has 15 heavy (non-hydrogen) atoms. The Bertz CT molecular complexity index is 397. The van der Waals surface area contributed by atoms with Gasteiger partial charge in [0.05, 0.1) is 5.92 Å². The Kier molecular flexibility index (Phi) is 2.65. The summed E-state index contributed by atoms with van der Waals surface area (Å²) in [6.45, 7) is 1.93. The second-order valence-corrected chi connectivity index (χ2v) is 4.82. The van der Waals surface area contributed by atoms with Gasteiger partial charge in [0.15, 0.2) is 0 Å². The summed E-state index contributed by atoms with van der Waals surface area (Å²) >= 11 is 11.7. The predicted molar refractivity (Wildman–Crippen MR) is 59.5 cm³/mol. The molecule has 1 aromatic carbocycles. The molecule has 1 fully saturated rings. The highest BCUT2D eigenvalue weighted by molar-refractivity contribution is 6.34. The van der Waals surface area contributed by atoms with E-state index in [2.05, 4.69) is 0 Å². The number of hydrogen-bond acceptors (Lipinski definition) is 1. The summed E-state index contributed by atoms with van der Waals surface area (Å²) in [5, 5.41) is 10.0. The van der Waals surface area contributed by atoms with E-state index >= 15 is 0 Å². The Balaban J connectivity index is 2.29.